The summed E-state index contributed by atoms with van der Waals surface area (Å²) in [6.07, 6.45) is 2.01. The SMILES string of the molecule is Cc1cc(C(=O)N2CCC[C@H](N)C2)cc(C)n1. The largest absolute Gasteiger partial charge is 0.337 e. The van der Waals surface area contributed by atoms with Gasteiger partial charge in [-0.3, -0.25) is 9.78 Å². The van der Waals surface area contributed by atoms with Crippen molar-refractivity contribution in [3.8, 4) is 0 Å². The van der Waals surface area contributed by atoms with Crippen molar-refractivity contribution in [2.24, 2.45) is 5.73 Å². The predicted molar refractivity (Wildman–Crippen MR) is 66.8 cm³/mol. The zero-order valence-electron chi connectivity index (χ0n) is 10.4. The Labute approximate surface area is 102 Å². The van der Waals surface area contributed by atoms with Gasteiger partial charge in [0.15, 0.2) is 0 Å². The number of hydrogen-bond acceptors (Lipinski definition) is 3. The van der Waals surface area contributed by atoms with Gasteiger partial charge in [0, 0.05) is 36.1 Å². The molecule has 0 unspecified atom stereocenters. The summed E-state index contributed by atoms with van der Waals surface area (Å²) >= 11 is 0. The Hall–Kier alpha value is -1.42. The number of nitrogens with two attached hydrogens (primary N) is 1. The van der Waals surface area contributed by atoms with E-state index in [1.54, 1.807) is 0 Å². The number of aryl methyl sites for hydroxylation is 2. The van der Waals surface area contributed by atoms with Crippen LogP contribution in [0, 0.1) is 13.8 Å². The number of carbonyl (C=O) groups excluding carboxylic acids is 1. The normalized spacial score (nSPS) is 20.4. The van der Waals surface area contributed by atoms with Gasteiger partial charge < -0.3 is 10.6 Å². The first-order valence-electron chi connectivity index (χ1n) is 6.06. The third-order valence-corrected chi connectivity index (χ3v) is 3.07. The highest BCUT2D eigenvalue weighted by molar-refractivity contribution is 5.94. The minimum atomic E-state index is 0.0775. The van der Waals surface area contributed by atoms with Gasteiger partial charge in [0.25, 0.3) is 5.91 Å². The number of nitrogens with zero attached hydrogens (tertiary/aromatic N) is 2. The molecule has 1 aromatic rings. The molecule has 0 spiro atoms. The number of hydrogen-bond donors (Lipinski definition) is 1. The highest BCUT2D eigenvalue weighted by Crippen LogP contribution is 2.14. The van der Waals surface area contributed by atoms with Crippen LogP contribution in [-0.4, -0.2) is 34.9 Å². The van der Waals surface area contributed by atoms with Crippen LogP contribution in [0.15, 0.2) is 12.1 Å². The first-order chi connectivity index (χ1) is 8.06. The van der Waals surface area contributed by atoms with E-state index in [-0.39, 0.29) is 11.9 Å². The molecule has 2 N–H and O–H groups in total. The first-order valence-corrected chi connectivity index (χ1v) is 6.06. The van der Waals surface area contributed by atoms with Gasteiger partial charge in [-0.25, -0.2) is 0 Å². The molecule has 1 aromatic heterocycles. The maximum atomic E-state index is 12.3. The number of amides is 1. The molecule has 1 fully saturated rings. The maximum absolute atomic E-state index is 12.3. The van der Waals surface area contributed by atoms with Crippen molar-refractivity contribution in [3.63, 3.8) is 0 Å². The van der Waals surface area contributed by atoms with Crippen molar-refractivity contribution in [2.45, 2.75) is 32.7 Å². The molecule has 1 amide bonds. The van der Waals surface area contributed by atoms with Crippen LogP contribution in [0.4, 0.5) is 0 Å². The van der Waals surface area contributed by atoms with Crippen LogP contribution in [0.25, 0.3) is 0 Å². The van der Waals surface area contributed by atoms with E-state index in [0.717, 1.165) is 36.3 Å². The molecule has 2 rings (SSSR count). The topological polar surface area (TPSA) is 59.2 Å². The lowest BCUT2D eigenvalue weighted by Crippen LogP contribution is -2.45. The first kappa shape index (κ1) is 12.0. The van der Waals surface area contributed by atoms with Gasteiger partial charge in [-0.15, -0.1) is 0 Å². The Morgan fingerprint density at radius 2 is 2.06 bits per heavy atom. The second-order valence-electron chi connectivity index (χ2n) is 4.79. The molecular weight excluding hydrogens is 214 g/mol. The third kappa shape index (κ3) is 2.82. The Morgan fingerprint density at radius 3 is 2.65 bits per heavy atom. The standard InChI is InChI=1S/C13H19N3O/c1-9-6-11(7-10(2)15-9)13(17)16-5-3-4-12(14)8-16/h6-7,12H,3-5,8,14H2,1-2H3/t12-/m0/s1. The molecule has 0 saturated carbocycles. The molecule has 2 heterocycles. The van der Waals surface area contributed by atoms with Crippen molar-refractivity contribution in [3.05, 3.63) is 29.1 Å². The van der Waals surface area contributed by atoms with Crippen LogP contribution in [-0.2, 0) is 0 Å². The summed E-state index contributed by atoms with van der Waals surface area (Å²) in [7, 11) is 0. The monoisotopic (exact) mass is 233 g/mol. The molecule has 17 heavy (non-hydrogen) atoms. The van der Waals surface area contributed by atoms with Crippen LogP contribution < -0.4 is 5.73 Å². The summed E-state index contributed by atoms with van der Waals surface area (Å²) in [6, 6.07) is 3.81. The van der Waals surface area contributed by atoms with E-state index in [1.807, 2.05) is 30.9 Å². The molecule has 0 bridgehead atoms. The van der Waals surface area contributed by atoms with E-state index in [1.165, 1.54) is 0 Å². The third-order valence-electron chi connectivity index (χ3n) is 3.07. The molecule has 0 radical (unpaired) electrons. The van der Waals surface area contributed by atoms with Gasteiger partial charge >= 0.3 is 0 Å². The smallest absolute Gasteiger partial charge is 0.254 e. The van der Waals surface area contributed by atoms with Crippen molar-refractivity contribution in [2.75, 3.05) is 13.1 Å². The summed E-state index contributed by atoms with van der Waals surface area (Å²) in [5, 5.41) is 0. The van der Waals surface area contributed by atoms with Gasteiger partial charge in [0.2, 0.25) is 0 Å². The summed E-state index contributed by atoms with van der Waals surface area (Å²) in [5.41, 5.74) is 8.39. The fraction of sp³-hybridized carbons (Fsp3) is 0.538. The lowest BCUT2D eigenvalue weighted by molar-refractivity contribution is 0.0708. The van der Waals surface area contributed by atoms with E-state index < -0.39 is 0 Å². The summed E-state index contributed by atoms with van der Waals surface area (Å²) in [4.78, 5) is 18.4. The van der Waals surface area contributed by atoms with Crippen LogP contribution in [0.5, 0.6) is 0 Å². The minimum absolute atomic E-state index is 0.0775. The zero-order valence-corrected chi connectivity index (χ0v) is 10.4. The summed E-state index contributed by atoms with van der Waals surface area (Å²) < 4.78 is 0. The van der Waals surface area contributed by atoms with Crippen molar-refractivity contribution >= 4 is 5.91 Å². The van der Waals surface area contributed by atoms with Crippen LogP contribution >= 0.6 is 0 Å². The molecule has 4 heteroatoms. The number of aromatic nitrogens is 1. The number of rotatable bonds is 1. The number of likely N-dealkylation sites (tertiary alicyclic amines) is 1. The zero-order chi connectivity index (χ0) is 12.4. The number of piperidine rings is 1. The summed E-state index contributed by atoms with van der Waals surface area (Å²) in [5.74, 6) is 0.0775. The van der Waals surface area contributed by atoms with Crippen LogP contribution in [0.2, 0.25) is 0 Å². The molecule has 4 nitrogen and oxygen atoms in total. The average molecular weight is 233 g/mol. The second kappa shape index (κ2) is 4.84. The van der Waals surface area contributed by atoms with E-state index in [9.17, 15) is 4.79 Å². The van der Waals surface area contributed by atoms with Gasteiger partial charge in [-0.2, -0.15) is 0 Å². The molecule has 0 aliphatic carbocycles. The highest BCUT2D eigenvalue weighted by Gasteiger charge is 2.22. The fourth-order valence-corrected chi connectivity index (χ4v) is 2.33. The predicted octanol–water partition coefficient (Wildman–Crippen LogP) is 1.26. The number of pyridine rings is 1. The molecule has 1 aliphatic rings. The molecule has 92 valence electrons. The van der Waals surface area contributed by atoms with Crippen LogP contribution in [0.3, 0.4) is 0 Å². The minimum Gasteiger partial charge on any atom is -0.337 e. The molecular formula is C13H19N3O. The van der Waals surface area contributed by atoms with E-state index in [2.05, 4.69) is 4.98 Å². The fourth-order valence-electron chi connectivity index (χ4n) is 2.33. The Bertz CT molecular complexity index is 410. The molecule has 1 saturated heterocycles. The van der Waals surface area contributed by atoms with Crippen LogP contribution in [0.1, 0.15) is 34.6 Å². The van der Waals surface area contributed by atoms with Gasteiger partial charge in [-0.05, 0) is 38.8 Å². The Balaban J connectivity index is 2.18. The molecule has 1 atom stereocenters. The maximum Gasteiger partial charge on any atom is 0.254 e. The lowest BCUT2D eigenvalue weighted by Gasteiger charge is -2.30. The second-order valence-corrected chi connectivity index (χ2v) is 4.79. The van der Waals surface area contributed by atoms with Gasteiger partial charge in [0.05, 0.1) is 0 Å². The van der Waals surface area contributed by atoms with E-state index in [0.29, 0.717) is 6.54 Å². The number of carbonyl (C=O) groups is 1. The lowest BCUT2D eigenvalue weighted by atomic mass is 10.1. The van der Waals surface area contributed by atoms with Crippen molar-refractivity contribution in [1.29, 1.82) is 0 Å². The van der Waals surface area contributed by atoms with Crippen molar-refractivity contribution in [1.82, 2.24) is 9.88 Å². The van der Waals surface area contributed by atoms with Gasteiger partial charge in [-0.1, -0.05) is 0 Å². The van der Waals surface area contributed by atoms with E-state index >= 15 is 0 Å². The molecule has 1 aliphatic heterocycles. The average Bonchev–Trinajstić information content (AvgIpc) is 2.26. The summed E-state index contributed by atoms with van der Waals surface area (Å²) in [6.45, 7) is 5.30. The van der Waals surface area contributed by atoms with Gasteiger partial charge in [0.1, 0.15) is 0 Å². The van der Waals surface area contributed by atoms with Crippen molar-refractivity contribution < 1.29 is 4.79 Å². The quantitative estimate of drug-likeness (QED) is 0.794. The Morgan fingerprint density at radius 1 is 1.41 bits per heavy atom. The van der Waals surface area contributed by atoms with E-state index in [4.69, 9.17) is 5.73 Å². The highest BCUT2D eigenvalue weighted by atomic mass is 16.2. The molecule has 0 aromatic carbocycles. The Kier molecular flexibility index (Phi) is 3.43.